The molecule has 0 fully saturated rings. The van der Waals surface area contributed by atoms with Gasteiger partial charge in [-0.2, -0.15) is 0 Å². The Morgan fingerprint density at radius 2 is 2.19 bits per heavy atom. The highest BCUT2D eigenvalue weighted by atomic mass is 16.4. The highest BCUT2D eigenvalue weighted by Crippen LogP contribution is 2.29. The molecule has 5 nitrogen and oxygen atoms in total. The topological polar surface area (TPSA) is 66.6 Å². The second kappa shape index (κ2) is 5.44. The van der Waals surface area contributed by atoms with Crippen molar-refractivity contribution in [2.45, 2.75) is 13.3 Å². The van der Waals surface area contributed by atoms with Gasteiger partial charge in [0.05, 0.1) is 6.26 Å². The van der Waals surface area contributed by atoms with Crippen LogP contribution >= 0.6 is 0 Å². The first-order chi connectivity index (χ1) is 10.1. The molecular weight excluding hydrogens is 268 g/mol. The number of anilines is 1. The molecule has 1 aliphatic heterocycles. The molecule has 21 heavy (non-hydrogen) atoms. The van der Waals surface area contributed by atoms with Crippen LogP contribution in [0.4, 0.5) is 5.82 Å². The van der Waals surface area contributed by atoms with E-state index < -0.39 is 5.97 Å². The summed E-state index contributed by atoms with van der Waals surface area (Å²) in [6.45, 7) is 3.61. The fourth-order valence-corrected chi connectivity index (χ4v) is 2.51. The molecule has 0 aliphatic carbocycles. The third kappa shape index (κ3) is 2.67. The molecule has 0 spiro atoms. The first-order valence-electron chi connectivity index (χ1n) is 6.83. The predicted molar refractivity (Wildman–Crippen MR) is 79.3 cm³/mol. The smallest absolute Gasteiger partial charge is 0.354 e. The van der Waals surface area contributed by atoms with E-state index in [1.165, 1.54) is 11.6 Å². The van der Waals surface area contributed by atoms with Gasteiger partial charge < -0.3 is 14.4 Å². The van der Waals surface area contributed by atoms with Crippen LogP contribution in [0.25, 0.3) is 5.57 Å². The van der Waals surface area contributed by atoms with Crippen LogP contribution in [0.1, 0.15) is 29.6 Å². The zero-order valence-electron chi connectivity index (χ0n) is 11.7. The molecule has 0 radical (unpaired) electrons. The van der Waals surface area contributed by atoms with Crippen LogP contribution in [0.2, 0.25) is 0 Å². The van der Waals surface area contributed by atoms with Crippen LogP contribution < -0.4 is 4.90 Å². The predicted octanol–water partition coefficient (Wildman–Crippen LogP) is 3.06. The second-order valence-electron chi connectivity index (χ2n) is 5.09. The van der Waals surface area contributed by atoms with Crippen molar-refractivity contribution in [1.29, 1.82) is 0 Å². The fraction of sp³-hybridized carbons (Fsp3) is 0.250. The van der Waals surface area contributed by atoms with E-state index in [1.54, 1.807) is 12.3 Å². The molecule has 0 saturated carbocycles. The molecule has 3 heterocycles. The van der Waals surface area contributed by atoms with Gasteiger partial charge in [-0.1, -0.05) is 11.6 Å². The maximum atomic E-state index is 11.0. The van der Waals surface area contributed by atoms with E-state index >= 15 is 0 Å². The quantitative estimate of drug-likeness (QED) is 0.938. The van der Waals surface area contributed by atoms with Gasteiger partial charge in [0, 0.05) is 18.7 Å². The number of aromatic nitrogens is 1. The normalized spacial score (nSPS) is 15.4. The molecule has 0 aromatic carbocycles. The summed E-state index contributed by atoms with van der Waals surface area (Å²) in [6.07, 6.45) is 2.58. The molecule has 1 aliphatic rings. The van der Waals surface area contributed by atoms with Gasteiger partial charge in [0.1, 0.15) is 11.6 Å². The van der Waals surface area contributed by atoms with E-state index in [9.17, 15) is 4.79 Å². The Labute approximate surface area is 122 Å². The molecule has 0 atom stereocenters. The molecule has 0 unspecified atom stereocenters. The third-order valence-corrected chi connectivity index (χ3v) is 3.72. The van der Waals surface area contributed by atoms with Crippen LogP contribution in [-0.4, -0.2) is 29.1 Å². The number of rotatable bonds is 3. The fourth-order valence-electron chi connectivity index (χ4n) is 2.51. The third-order valence-electron chi connectivity index (χ3n) is 3.72. The number of aromatic carboxylic acids is 1. The number of carbonyl (C=O) groups is 1. The second-order valence-corrected chi connectivity index (χ2v) is 5.09. The summed E-state index contributed by atoms with van der Waals surface area (Å²) in [4.78, 5) is 17.3. The van der Waals surface area contributed by atoms with Crippen molar-refractivity contribution in [2.75, 3.05) is 18.0 Å². The highest BCUT2D eigenvalue weighted by molar-refractivity contribution is 5.85. The van der Waals surface area contributed by atoms with Crippen molar-refractivity contribution < 1.29 is 14.3 Å². The summed E-state index contributed by atoms with van der Waals surface area (Å²) < 4.78 is 5.49. The Hall–Kier alpha value is -2.56. The largest absolute Gasteiger partial charge is 0.477 e. The number of hydrogen-bond donors (Lipinski definition) is 1. The van der Waals surface area contributed by atoms with E-state index in [4.69, 9.17) is 9.52 Å². The van der Waals surface area contributed by atoms with E-state index in [0.717, 1.165) is 24.3 Å². The molecule has 0 amide bonds. The van der Waals surface area contributed by atoms with E-state index in [-0.39, 0.29) is 5.69 Å². The average molecular weight is 284 g/mol. The average Bonchev–Trinajstić information content (AvgIpc) is 3.02. The Morgan fingerprint density at radius 3 is 2.90 bits per heavy atom. The molecule has 0 saturated heterocycles. The van der Waals surface area contributed by atoms with Crippen molar-refractivity contribution in [2.24, 2.45) is 0 Å². The maximum absolute atomic E-state index is 11.0. The van der Waals surface area contributed by atoms with Crippen LogP contribution in [-0.2, 0) is 0 Å². The minimum Gasteiger partial charge on any atom is -0.477 e. The lowest BCUT2D eigenvalue weighted by Crippen LogP contribution is -2.31. The monoisotopic (exact) mass is 284 g/mol. The molecule has 3 rings (SSSR count). The summed E-state index contributed by atoms with van der Waals surface area (Å²) in [6, 6.07) is 8.89. The van der Waals surface area contributed by atoms with Gasteiger partial charge in [-0.25, -0.2) is 9.78 Å². The van der Waals surface area contributed by atoms with Crippen molar-refractivity contribution in [1.82, 2.24) is 4.98 Å². The highest BCUT2D eigenvalue weighted by Gasteiger charge is 2.21. The van der Waals surface area contributed by atoms with Gasteiger partial charge in [-0.3, -0.25) is 0 Å². The number of carboxylic acids is 1. The number of hydrogen-bond acceptors (Lipinski definition) is 4. The zero-order chi connectivity index (χ0) is 14.8. The number of carboxylic acid groups (broad SMARTS) is 1. The lowest BCUT2D eigenvalue weighted by atomic mass is 9.99. The van der Waals surface area contributed by atoms with Crippen LogP contribution in [0.5, 0.6) is 0 Å². The molecular formula is C16H16N2O3. The van der Waals surface area contributed by atoms with Crippen LogP contribution in [0.3, 0.4) is 0 Å². The van der Waals surface area contributed by atoms with Gasteiger partial charge in [0.2, 0.25) is 0 Å². The Bertz CT molecular complexity index is 689. The van der Waals surface area contributed by atoms with Gasteiger partial charge >= 0.3 is 5.97 Å². The van der Waals surface area contributed by atoms with Crippen molar-refractivity contribution >= 4 is 17.4 Å². The minimum atomic E-state index is -1.01. The van der Waals surface area contributed by atoms with Gasteiger partial charge in [0.15, 0.2) is 5.69 Å². The van der Waals surface area contributed by atoms with Crippen LogP contribution in [0, 0.1) is 0 Å². The molecule has 1 N–H and O–H groups in total. The van der Waals surface area contributed by atoms with Gasteiger partial charge in [-0.15, -0.1) is 0 Å². The molecule has 2 aromatic rings. The summed E-state index contributed by atoms with van der Waals surface area (Å²) in [5, 5.41) is 9.05. The molecule has 2 aromatic heterocycles. The summed E-state index contributed by atoms with van der Waals surface area (Å²) in [5.74, 6) is 0.546. The van der Waals surface area contributed by atoms with Crippen molar-refractivity contribution in [3.63, 3.8) is 0 Å². The summed E-state index contributed by atoms with van der Waals surface area (Å²) in [5.41, 5.74) is 2.52. The standard InChI is InChI=1S/C16H16N2O3/c1-11-7-8-18(10-12(11)14-5-3-9-21-14)15-6-2-4-13(17-15)16(19)20/h2-6,9H,7-8,10H2,1H3,(H,19,20). The summed E-state index contributed by atoms with van der Waals surface area (Å²) >= 11 is 0. The van der Waals surface area contributed by atoms with E-state index in [0.29, 0.717) is 12.4 Å². The van der Waals surface area contributed by atoms with Crippen molar-refractivity contribution in [3.05, 3.63) is 53.6 Å². The zero-order valence-corrected chi connectivity index (χ0v) is 11.7. The van der Waals surface area contributed by atoms with Crippen molar-refractivity contribution in [3.8, 4) is 0 Å². The molecule has 5 heteroatoms. The Kier molecular flexibility index (Phi) is 3.48. The lowest BCUT2D eigenvalue weighted by Gasteiger charge is -2.30. The number of furan rings is 1. The van der Waals surface area contributed by atoms with E-state index in [1.807, 2.05) is 18.2 Å². The van der Waals surface area contributed by atoms with Gasteiger partial charge in [-0.05, 0) is 37.6 Å². The lowest BCUT2D eigenvalue weighted by molar-refractivity contribution is 0.0690. The maximum Gasteiger partial charge on any atom is 0.354 e. The van der Waals surface area contributed by atoms with E-state index in [2.05, 4.69) is 16.8 Å². The first-order valence-corrected chi connectivity index (χ1v) is 6.83. The van der Waals surface area contributed by atoms with Gasteiger partial charge in [0.25, 0.3) is 0 Å². The number of pyridine rings is 1. The summed E-state index contributed by atoms with van der Waals surface area (Å²) in [7, 11) is 0. The SMILES string of the molecule is CC1=C(c2ccco2)CN(c2cccc(C(=O)O)n2)CC1. The Balaban J connectivity index is 1.89. The number of nitrogens with zero attached hydrogens (tertiary/aromatic N) is 2. The molecule has 0 bridgehead atoms. The van der Waals surface area contributed by atoms with Crippen LogP contribution in [0.15, 0.2) is 46.6 Å². The minimum absolute atomic E-state index is 0.0679. The molecule has 108 valence electrons. The first kappa shape index (κ1) is 13.4. The Morgan fingerprint density at radius 1 is 1.33 bits per heavy atom.